The van der Waals surface area contributed by atoms with E-state index in [0.29, 0.717) is 43.2 Å². The Labute approximate surface area is 176 Å². The molecule has 6 nitrogen and oxygen atoms in total. The number of anilines is 1. The molecule has 1 aliphatic carbocycles. The van der Waals surface area contributed by atoms with E-state index in [1.54, 1.807) is 24.3 Å². The molecule has 30 heavy (non-hydrogen) atoms. The quantitative estimate of drug-likeness (QED) is 0.801. The summed E-state index contributed by atoms with van der Waals surface area (Å²) in [4.78, 5) is 39.3. The minimum absolute atomic E-state index is 0.0341. The van der Waals surface area contributed by atoms with Crippen LogP contribution in [0, 0.1) is 12.8 Å². The maximum absolute atomic E-state index is 12.7. The molecular weight excluding hydrogens is 378 g/mol. The summed E-state index contributed by atoms with van der Waals surface area (Å²) >= 11 is 0. The Morgan fingerprint density at radius 2 is 1.57 bits per heavy atom. The maximum atomic E-state index is 12.7. The van der Waals surface area contributed by atoms with Gasteiger partial charge < -0.3 is 15.5 Å². The molecule has 1 saturated heterocycles. The van der Waals surface area contributed by atoms with Crippen LogP contribution in [0.15, 0.2) is 48.5 Å². The van der Waals surface area contributed by atoms with Crippen molar-refractivity contribution < 1.29 is 14.4 Å². The number of carbonyl (C=O) groups is 3. The number of hydrogen-bond donors (Lipinski definition) is 2. The van der Waals surface area contributed by atoms with E-state index in [2.05, 4.69) is 10.6 Å². The largest absolute Gasteiger partial charge is 0.349 e. The second-order valence-corrected chi connectivity index (χ2v) is 8.20. The first-order valence-electron chi connectivity index (χ1n) is 10.6. The van der Waals surface area contributed by atoms with Gasteiger partial charge in [-0.2, -0.15) is 0 Å². The molecule has 1 heterocycles. The highest BCUT2D eigenvalue weighted by Gasteiger charge is 2.28. The Hall–Kier alpha value is -3.15. The highest BCUT2D eigenvalue weighted by atomic mass is 16.2. The molecule has 0 unspecified atom stereocenters. The summed E-state index contributed by atoms with van der Waals surface area (Å²) in [6.45, 7) is 3.09. The molecular formula is C24H27N3O3. The fourth-order valence-electron chi connectivity index (χ4n) is 3.77. The average Bonchev–Trinajstić information content (AvgIpc) is 3.58. The van der Waals surface area contributed by atoms with Crippen molar-refractivity contribution in [2.75, 3.05) is 18.4 Å². The van der Waals surface area contributed by atoms with Gasteiger partial charge in [0.15, 0.2) is 0 Å². The molecule has 0 spiro atoms. The van der Waals surface area contributed by atoms with Crippen molar-refractivity contribution in [3.8, 4) is 0 Å². The number of nitrogens with one attached hydrogen (secondary N) is 2. The van der Waals surface area contributed by atoms with Crippen molar-refractivity contribution in [1.82, 2.24) is 10.2 Å². The molecule has 1 saturated carbocycles. The molecule has 2 fully saturated rings. The van der Waals surface area contributed by atoms with Crippen LogP contribution in [0.4, 0.5) is 5.69 Å². The topological polar surface area (TPSA) is 78.5 Å². The van der Waals surface area contributed by atoms with E-state index in [1.165, 1.54) is 0 Å². The first kappa shape index (κ1) is 20.1. The van der Waals surface area contributed by atoms with Gasteiger partial charge >= 0.3 is 0 Å². The first-order chi connectivity index (χ1) is 14.5. The number of piperidine rings is 1. The molecule has 2 aromatic rings. The summed E-state index contributed by atoms with van der Waals surface area (Å²) in [5.41, 5.74) is 2.98. The Kier molecular flexibility index (Phi) is 5.84. The van der Waals surface area contributed by atoms with Crippen molar-refractivity contribution >= 4 is 23.4 Å². The number of amides is 3. The number of benzene rings is 2. The van der Waals surface area contributed by atoms with Gasteiger partial charge in [-0.3, -0.25) is 14.4 Å². The summed E-state index contributed by atoms with van der Waals surface area (Å²) < 4.78 is 0. The smallest absolute Gasteiger partial charge is 0.254 e. The van der Waals surface area contributed by atoms with E-state index >= 15 is 0 Å². The molecule has 156 valence electrons. The van der Waals surface area contributed by atoms with Crippen LogP contribution < -0.4 is 10.6 Å². The van der Waals surface area contributed by atoms with E-state index in [9.17, 15) is 14.4 Å². The van der Waals surface area contributed by atoms with Crippen LogP contribution in [0.5, 0.6) is 0 Å². The molecule has 2 aliphatic rings. The summed E-state index contributed by atoms with van der Waals surface area (Å²) in [6, 6.07) is 14.9. The first-order valence-corrected chi connectivity index (χ1v) is 10.6. The summed E-state index contributed by atoms with van der Waals surface area (Å²) in [7, 11) is 0. The van der Waals surface area contributed by atoms with Gasteiger partial charge in [0, 0.05) is 41.9 Å². The lowest BCUT2D eigenvalue weighted by molar-refractivity contribution is -0.121. The Morgan fingerprint density at radius 1 is 0.900 bits per heavy atom. The van der Waals surface area contributed by atoms with Crippen LogP contribution in [0.25, 0.3) is 0 Å². The van der Waals surface area contributed by atoms with Crippen LogP contribution in [0.2, 0.25) is 0 Å². The van der Waals surface area contributed by atoms with Crippen molar-refractivity contribution in [3.63, 3.8) is 0 Å². The Bertz CT molecular complexity index is 942. The standard InChI is InChI=1S/C24H27N3O3/c1-16-4-2-3-5-21(16)24(30)27-14-12-18(13-15-27)23(29)25-19-8-6-17(7-9-19)22(28)26-20-10-11-20/h2-9,18,20H,10-15H2,1H3,(H,25,29)(H,26,28). The lowest BCUT2D eigenvalue weighted by Crippen LogP contribution is -2.41. The van der Waals surface area contributed by atoms with Gasteiger partial charge in [0.1, 0.15) is 0 Å². The third-order valence-electron chi connectivity index (χ3n) is 5.86. The Balaban J connectivity index is 1.28. The van der Waals surface area contributed by atoms with Gasteiger partial charge in [0.25, 0.3) is 11.8 Å². The molecule has 2 aromatic carbocycles. The third-order valence-corrected chi connectivity index (χ3v) is 5.86. The van der Waals surface area contributed by atoms with Gasteiger partial charge in [-0.15, -0.1) is 0 Å². The van der Waals surface area contributed by atoms with Crippen molar-refractivity contribution in [2.45, 2.75) is 38.6 Å². The maximum Gasteiger partial charge on any atom is 0.254 e. The number of likely N-dealkylation sites (tertiary alicyclic amines) is 1. The molecule has 0 aromatic heterocycles. The van der Waals surface area contributed by atoms with Gasteiger partial charge in [-0.25, -0.2) is 0 Å². The Morgan fingerprint density at radius 3 is 2.20 bits per heavy atom. The highest BCUT2D eigenvalue weighted by Crippen LogP contribution is 2.23. The molecule has 0 radical (unpaired) electrons. The fourth-order valence-corrected chi connectivity index (χ4v) is 3.77. The van der Waals surface area contributed by atoms with E-state index in [-0.39, 0.29) is 23.6 Å². The second-order valence-electron chi connectivity index (χ2n) is 8.20. The molecule has 6 heteroatoms. The van der Waals surface area contributed by atoms with Gasteiger partial charge in [0.2, 0.25) is 5.91 Å². The number of aryl methyl sites for hydroxylation is 1. The molecule has 0 atom stereocenters. The number of hydrogen-bond acceptors (Lipinski definition) is 3. The normalized spacial score (nSPS) is 16.8. The lowest BCUT2D eigenvalue weighted by Gasteiger charge is -2.31. The minimum atomic E-state index is -0.122. The van der Waals surface area contributed by atoms with Crippen molar-refractivity contribution in [1.29, 1.82) is 0 Å². The zero-order valence-corrected chi connectivity index (χ0v) is 17.2. The minimum Gasteiger partial charge on any atom is -0.349 e. The number of rotatable bonds is 5. The van der Waals surface area contributed by atoms with Crippen molar-refractivity contribution in [3.05, 3.63) is 65.2 Å². The molecule has 3 amide bonds. The summed E-state index contributed by atoms with van der Waals surface area (Å²) in [6.07, 6.45) is 3.39. The zero-order chi connectivity index (χ0) is 21.1. The molecule has 2 N–H and O–H groups in total. The third kappa shape index (κ3) is 4.70. The van der Waals surface area contributed by atoms with Gasteiger partial charge in [0.05, 0.1) is 0 Å². The van der Waals surface area contributed by atoms with E-state index < -0.39 is 0 Å². The number of nitrogens with zero attached hydrogens (tertiary/aromatic N) is 1. The van der Waals surface area contributed by atoms with Gasteiger partial charge in [-0.05, 0) is 68.5 Å². The van der Waals surface area contributed by atoms with Crippen LogP contribution >= 0.6 is 0 Å². The number of carbonyl (C=O) groups excluding carboxylic acids is 3. The highest BCUT2D eigenvalue weighted by molar-refractivity contribution is 5.97. The van der Waals surface area contributed by atoms with E-state index in [1.807, 2.05) is 36.1 Å². The van der Waals surface area contributed by atoms with E-state index in [4.69, 9.17) is 0 Å². The fraction of sp³-hybridized carbons (Fsp3) is 0.375. The van der Waals surface area contributed by atoms with Crippen LogP contribution in [0.3, 0.4) is 0 Å². The molecule has 1 aliphatic heterocycles. The summed E-state index contributed by atoms with van der Waals surface area (Å²) in [5, 5.41) is 5.89. The second kappa shape index (κ2) is 8.69. The van der Waals surface area contributed by atoms with Crippen LogP contribution in [0.1, 0.15) is 52.0 Å². The predicted octanol–water partition coefficient (Wildman–Crippen LogP) is 3.38. The van der Waals surface area contributed by atoms with Crippen molar-refractivity contribution in [2.24, 2.45) is 5.92 Å². The summed E-state index contributed by atoms with van der Waals surface area (Å²) in [5.74, 6) is -0.190. The lowest BCUT2D eigenvalue weighted by atomic mass is 9.95. The average molecular weight is 405 g/mol. The monoisotopic (exact) mass is 405 g/mol. The van der Waals surface area contributed by atoms with Crippen LogP contribution in [-0.4, -0.2) is 41.8 Å². The van der Waals surface area contributed by atoms with Crippen LogP contribution in [-0.2, 0) is 4.79 Å². The SMILES string of the molecule is Cc1ccccc1C(=O)N1CCC(C(=O)Nc2ccc(C(=O)NC3CC3)cc2)CC1. The van der Waals surface area contributed by atoms with E-state index in [0.717, 1.165) is 24.0 Å². The predicted molar refractivity (Wildman–Crippen MR) is 115 cm³/mol. The molecule has 4 rings (SSSR count). The van der Waals surface area contributed by atoms with Gasteiger partial charge in [-0.1, -0.05) is 18.2 Å². The zero-order valence-electron chi connectivity index (χ0n) is 17.2. The molecule has 0 bridgehead atoms.